The largest absolute Gasteiger partial charge is 0.388 e. The molecule has 4 heterocycles. The Morgan fingerprint density at radius 1 is 1.12 bits per heavy atom. The first-order valence-corrected chi connectivity index (χ1v) is 15.2. The fraction of sp³-hybridized carbons (Fsp3) is 0.424. The topological polar surface area (TPSA) is 102 Å². The second-order valence-electron chi connectivity index (χ2n) is 12.2. The minimum Gasteiger partial charge on any atom is -0.388 e. The molecule has 4 aromatic rings. The van der Waals surface area contributed by atoms with Crippen LogP contribution in [0.1, 0.15) is 58.4 Å². The first-order valence-electron chi connectivity index (χ1n) is 14.8. The molecule has 2 aromatic carbocycles. The predicted molar refractivity (Wildman–Crippen MR) is 167 cm³/mol. The number of aromatic nitrogens is 3. The predicted octanol–water partition coefficient (Wildman–Crippen LogP) is 4.48. The van der Waals surface area contributed by atoms with Crippen LogP contribution in [-0.4, -0.2) is 68.0 Å². The third-order valence-electron chi connectivity index (χ3n) is 8.88. The molecule has 2 aliphatic rings. The summed E-state index contributed by atoms with van der Waals surface area (Å²) in [6, 6.07) is 13.7. The van der Waals surface area contributed by atoms with E-state index in [9.17, 15) is 14.7 Å². The number of hydrogen-bond donors (Lipinski definition) is 2. The van der Waals surface area contributed by atoms with Crippen molar-refractivity contribution in [2.75, 3.05) is 26.2 Å². The van der Waals surface area contributed by atoms with Crippen LogP contribution < -0.4 is 10.9 Å². The Morgan fingerprint density at radius 3 is 2.56 bits per heavy atom. The van der Waals surface area contributed by atoms with Gasteiger partial charge in [-0.3, -0.25) is 18.7 Å². The van der Waals surface area contributed by atoms with Crippen LogP contribution in [0.15, 0.2) is 53.6 Å². The number of amides is 1. The summed E-state index contributed by atoms with van der Waals surface area (Å²) in [6.45, 7) is 10.4. The SMILES string of the molecule is Cc1ccc(C(=O)N2CCC(O)(Cn3cnc4c(cc(Cl)n4-c4ccc([C@H]5CO[C@H](C)CN5)c(C)c4)c3=O)CC2)c(C)c1. The van der Waals surface area contributed by atoms with Crippen molar-refractivity contribution < 1.29 is 14.6 Å². The number of nitrogens with one attached hydrogen (secondary N) is 1. The van der Waals surface area contributed by atoms with Crippen LogP contribution in [0.2, 0.25) is 5.15 Å². The summed E-state index contributed by atoms with van der Waals surface area (Å²) in [7, 11) is 0. The molecule has 10 heteroatoms. The second kappa shape index (κ2) is 11.5. The van der Waals surface area contributed by atoms with Crippen molar-refractivity contribution >= 4 is 28.5 Å². The second-order valence-corrected chi connectivity index (χ2v) is 12.6. The average molecular weight is 604 g/mol. The highest BCUT2D eigenvalue weighted by atomic mass is 35.5. The third kappa shape index (κ3) is 5.74. The fourth-order valence-electron chi connectivity index (χ4n) is 6.35. The van der Waals surface area contributed by atoms with Gasteiger partial charge in [0.2, 0.25) is 0 Å². The minimum absolute atomic E-state index is 0.0306. The van der Waals surface area contributed by atoms with E-state index in [1.54, 1.807) is 15.5 Å². The lowest BCUT2D eigenvalue weighted by atomic mass is 9.90. The summed E-state index contributed by atoms with van der Waals surface area (Å²) in [6.07, 6.45) is 2.40. The van der Waals surface area contributed by atoms with Gasteiger partial charge in [0.1, 0.15) is 11.5 Å². The standard InChI is InChI=1S/C33H38ClN5O4/c1-20-5-7-26(21(2)13-20)31(40)37-11-9-33(42,10-12-37)18-38-19-36-30-27(32(38)41)15-29(34)39(30)24-6-8-25(22(3)14-24)28-17-43-23(4)16-35-28/h5-8,13-15,19,23,28,35,42H,9-12,16-18H2,1-4H3/t23-,28-/m1/s1. The lowest BCUT2D eigenvalue weighted by Gasteiger charge is -2.38. The van der Waals surface area contributed by atoms with Gasteiger partial charge >= 0.3 is 0 Å². The van der Waals surface area contributed by atoms with Gasteiger partial charge in [0.05, 0.1) is 36.3 Å². The number of halogens is 1. The highest BCUT2D eigenvalue weighted by Crippen LogP contribution is 2.30. The van der Waals surface area contributed by atoms with Crippen molar-refractivity contribution in [3.8, 4) is 5.69 Å². The number of morpholine rings is 1. The number of hydrogen-bond acceptors (Lipinski definition) is 6. The summed E-state index contributed by atoms with van der Waals surface area (Å²) in [4.78, 5) is 33.1. The highest BCUT2D eigenvalue weighted by Gasteiger charge is 2.35. The molecule has 0 radical (unpaired) electrons. The fourth-order valence-corrected chi connectivity index (χ4v) is 6.63. The smallest absolute Gasteiger partial charge is 0.262 e. The number of likely N-dealkylation sites (tertiary alicyclic amines) is 1. The summed E-state index contributed by atoms with van der Waals surface area (Å²) >= 11 is 6.67. The summed E-state index contributed by atoms with van der Waals surface area (Å²) in [5.41, 5.74) is 4.87. The molecule has 1 amide bonds. The average Bonchev–Trinajstić information content (AvgIpc) is 3.32. The van der Waals surface area contributed by atoms with Crippen molar-refractivity contribution in [1.29, 1.82) is 0 Å². The Bertz CT molecular complexity index is 1750. The van der Waals surface area contributed by atoms with Crippen LogP contribution in [0.3, 0.4) is 0 Å². The van der Waals surface area contributed by atoms with Crippen LogP contribution >= 0.6 is 11.6 Å². The Labute approximate surface area is 256 Å². The van der Waals surface area contributed by atoms with Crippen LogP contribution in [0.4, 0.5) is 0 Å². The maximum absolute atomic E-state index is 13.6. The van der Waals surface area contributed by atoms with Crippen molar-refractivity contribution in [3.05, 3.63) is 92.1 Å². The molecule has 0 saturated carbocycles. The number of carbonyl (C=O) groups excluding carboxylic acids is 1. The molecule has 0 bridgehead atoms. The third-order valence-corrected chi connectivity index (χ3v) is 9.16. The molecule has 0 spiro atoms. The van der Waals surface area contributed by atoms with Crippen molar-refractivity contribution in [2.45, 2.75) is 64.8 Å². The molecule has 2 saturated heterocycles. The molecule has 0 unspecified atom stereocenters. The summed E-state index contributed by atoms with van der Waals surface area (Å²) in [5, 5.41) is 15.7. The molecule has 2 fully saturated rings. The maximum Gasteiger partial charge on any atom is 0.262 e. The maximum atomic E-state index is 13.6. The Hall–Kier alpha value is -3.50. The lowest BCUT2D eigenvalue weighted by molar-refractivity contribution is -0.0299. The lowest BCUT2D eigenvalue weighted by Crippen LogP contribution is -2.49. The number of fused-ring (bicyclic) bond motifs is 1. The van der Waals surface area contributed by atoms with Gasteiger partial charge in [-0.25, -0.2) is 4.98 Å². The van der Waals surface area contributed by atoms with Crippen LogP contribution in [0.25, 0.3) is 16.7 Å². The van der Waals surface area contributed by atoms with Crippen molar-refractivity contribution in [1.82, 2.24) is 24.3 Å². The van der Waals surface area contributed by atoms with E-state index >= 15 is 0 Å². The Kier molecular flexibility index (Phi) is 7.93. The van der Waals surface area contributed by atoms with E-state index in [4.69, 9.17) is 16.3 Å². The molecule has 0 aliphatic carbocycles. The van der Waals surface area contributed by atoms with Crippen molar-refractivity contribution in [2.24, 2.45) is 0 Å². The van der Waals surface area contributed by atoms with E-state index in [1.807, 2.05) is 44.2 Å². The molecule has 43 heavy (non-hydrogen) atoms. The van der Waals surface area contributed by atoms with Crippen LogP contribution in [0, 0.1) is 20.8 Å². The summed E-state index contributed by atoms with van der Waals surface area (Å²) in [5.74, 6) is -0.0306. The number of aryl methyl sites for hydroxylation is 3. The number of aliphatic hydroxyl groups is 1. The quantitative estimate of drug-likeness (QED) is 0.349. The molecule has 9 nitrogen and oxygen atoms in total. The number of benzene rings is 2. The highest BCUT2D eigenvalue weighted by molar-refractivity contribution is 6.31. The van der Waals surface area contributed by atoms with Gasteiger partial charge in [0.25, 0.3) is 11.5 Å². The number of carbonyl (C=O) groups is 1. The van der Waals surface area contributed by atoms with Gasteiger partial charge in [-0.1, -0.05) is 35.4 Å². The Morgan fingerprint density at radius 2 is 1.88 bits per heavy atom. The zero-order valence-electron chi connectivity index (χ0n) is 25.1. The van der Waals surface area contributed by atoms with Crippen LogP contribution in [0.5, 0.6) is 0 Å². The number of rotatable bonds is 5. The number of ether oxygens (including phenoxy) is 1. The van der Waals surface area contributed by atoms with Crippen molar-refractivity contribution in [3.63, 3.8) is 0 Å². The Balaban J connectivity index is 1.19. The van der Waals surface area contributed by atoms with E-state index < -0.39 is 5.60 Å². The molecular weight excluding hydrogens is 566 g/mol. The molecule has 2 atom stereocenters. The molecule has 2 N–H and O–H groups in total. The molecular formula is C33H38ClN5O4. The zero-order valence-corrected chi connectivity index (χ0v) is 25.8. The van der Waals surface area contributed by atoms with Gasteiger partial charge in [-0.05, 0) is 81.5 Å². The molecule has 2 aliphatic heterocycles. The van der Waals surface area contributed by atoms with E-state index in [0.29, 0.717) is 54.3 Å². The first kappa shape index (κ1) is 29.6. The molecule has 226 valence electrons. The number of nitrogens with zero attached hydrogens (tertiary/aromatic N) is 4. The van der Waals surface area contributed by atoms with Gasteiger partial charge in [0.15, 0.2) is 5.65 Å². The van der Waals surface area contributed by atoms with Gasteiger partial charge in [-0.2, -0.15) is 0 Å². The van der Waals surface area contributed by atoms with E-state index in [0.717, 1.165) is 34.5 Å². The number of piperidine rings is 1. The minimum atomic E-state index is -1.13. The zero-order chi connectivity index (χ0) is 30.5. The first-order chi connectivity index (χ1) is 20.5. The summed E-state index contributed by atoms with van der Waals surface area (Å²) < 4.78 is 9.06. The normalized spacial score (nSPS) is 20.5. The monoisotopic (exact) mass is 603 g/mol. The van der Waals surface area contributed by atoms with E-state index in [1.165, 1.54) is 10.9 Å². The van der Waals surface area contributed by atoms with Crippen LogP contribution in [-0.2, 0) is 11.3 Å². The van der Waals surface area contributed by atoms with E-state index in [-0.39, 0.29) is 30.2 Å². The molecule has 2 aromatic heterocycles. The van der Waals surface area contributed by atoms with Gasteiger partial charge in [-0.15, -0.1) is 0 Å². The van der Waals surface area contributed by atoms with E-state index in [2.05, 4.69) is 30.2 Å². The molecule has 6 rings (SSSR count). The van der Waals surface area contributed by atoms with Gasteiger partial charge < -0.3 is 20.1 Å². The van der Waals surface area contributed by atoms with Gasteiger partial charge in [0, 0.05) is 30.9 Å².